The van der Waals surface area contributed by atoms with Crippen molar-refractivity contribution in [2.24, 2.45) is 0 Å². The molecule has 4 rings (SSSR count). The summed E-state index contributed by atoms with van der Waals surface area (Å²) >= 11 is 6.34. The molecule has 0 fully saturated rings. The highest BCUT2D eigenvalue weighted by Crippen LogP contribution is 2.31. The predicted molar refractivity (Wildman–Crippen MR) is 104 cm³/mol. The van der Waals surface area contributed by atoms with Crippen molar-refractivity contribution in [3.63, 3.8) is 0 Å². The summed E-state index contributed by atoms with van der Waals surface area (Å²) in [4.78, 5) is 19.6. The average Bonchev–Trinajstić information content (AvgIpc) is 3.02. The molecule has 26 heavy (non-hydrogen) atoms. The number of rotatable bonds is 4. The third kappa shape index (κ3) is 2.93. The molecular weight excluding hydrogens is 348 g/mol. The normalized spacial score (nSPS) is 11.2. The van der Waals surface area contributed by atoms with E-state index in [1.807, 2.05) is 36.4 Å². The van der Waals surface area contributed by atoms with Crippen molar-refractivity contribution in [1.29, 1.82) is 0 Å². The molecule has 0 saturated carbocycles. The van der Waals surface area contributed by atoms with E-state index in [-0.39, 0.29) is 0 Å². The Labute approximate surface area is 155 Å². The highest BCUT2D eigenvalue weighted by Gasteiger charge is 2.14. The molecule has 130 valence electrons. The van der Waals surface area contributed by atoms with Crippen LogP contribution in [-0.4, -0.2) is 22.5 Å². The van der Waals surface area contributed by atoms with E-state index in [1.165, 1.54) is 0 Å². The molecule has 4 nitrogen and oxygen atoms in total. The van der Waals surface area contributed by atoms with Gasteiger partial charge in [-0.3, -0.25) is 0 Å². The van der Waals surface area contributed by atoms with Crippen LogP contribution in [0.25, 0.3) is 21.8 Å². The summed E-state index contributed by atoms with van der Waals surface area (Å²) in [6.45, 7) is 2.11. The van der Waals surface area contributed by atoms with Gasteiger partial charge < -0.3 is 9.72 Å². The SMILES string of the molecule is CCOC(=O)c1cc2c(cn1)[nH]c1cccc(Cc3ccccc3Cl)c12. The molecule has 0 bridgehead atoms. The number of nitrogens with one attached hydrogen (secondary N) is 1. The topological polar surface area (TPSA) is 55.0 Å². The molecule has 5 heteroatoms. The number of hydrogen-bond acceptors (Lipinski definition) is 3. The number of esters is 1. The van der Waals surface area contributed by atoms with Gasteiger partial charge in [0.2, 0.25) is 0 Å². The van der Waals surface area contributed by atoms with Crippen LogP contribution >= 0.6 is 11.6 Å². The quantitative estimate of drug-likeness (QED) is 0.510. The van der Waals surface area contributed by atoms with Gasteiger partial charge in [-0.1, -0.05) is 41.9 Å². The molecule has 0 aliphatic carbocycles. The Morgan fingerprint density at radius 3 is 2.73 bits per heavy atom. The second-order valence-corrected chi connectivity index (χ2v) is 6.48. The highest BCUT2D eigenvalue weighted by atomic mass is 35.5. The van der Waals surface area contributed by atoms with Crippen LogP contribution in [0.15, 0.2) is 54.7 Å². The lowest BCUT2D eigenvalue weighted by Crippen LogP contribution is -2.06. The Balaban J connectivity index is 1.88. The number of aromatic amines is 1. The lowest BCUT2D eigenvalue weighted by molar-refractivity contribution is 0.0520. The van der Waals surface area contributed by atoms with E-state index < -0.39 is 5.97 Å². The van der Waals surface area contributed by atoms with Crippen molar-refractivity contribution >= 4 is 39.4 Å². The molecule has 0 unspecified atom stereocenters. The molecule has 2 aromatic carbocycles. The van der Waals surface area contributed by atoms with E-state index >= 15 is 0 Å². The first-order valence-electron chi connectivity index (χ1n) is 8.47. The first kappa shape index (κ1) is 16.6. The molecular formula is C21H17ClN2O2. The average molecular weight is 365 g/mol. The first-order chi connectivity index (χ1) is 12.7. The van der Waals surface area contributed by atoms with Crippen LogP contribution in [0.2, 0.25) is 5.02 Å². The molecule has 2 aromatic heterocycles. The van der Waals surface area contributed by atoms with Gasteiger partial charge in [0.1, 0.15) is 5.69 Å². The molecule has 0 spiro atoms. The summed E-state index contributed by atoms with van der Waals surface area (Å²) in [6, 6.07) is 15.8. The summed E-state index contributed by atoms with van der Waals surface area (Å²) < 4.78 is 5.08. The summed E-state index contributed by atoms with van der Waals surface area (Å²) in [5.41, 5.74) is 4.42. The number of ether oxygens (including phenoxy) is 1. The number of nitrogens with zero attached hydrogens (tertiary/aromatic N) is 1. The second kappa shape index (κ2) is 6.81. The van der Waals surface area contributed by atoms with Crippen molar-refractivity contribution in [3.8, 4) is 0 Å². The zero-order chi connectivity index (χ0) is 18.1. The van der Waals surface area contributed by atoms with E-state index in [0.717, 1.165) is 38.0 Å². The Bertz CT molecular complexity index is 1120. The minimum atomic E-state index is -0.410. The van der Waals surface area contributed by atoms with Gasteiger partial charge in [-0.2, -0.15) is 0 Å². The Kier molecular flexibility index (Phi) is 4.35. The van der Waals surface area contributed by atoms with Crippen LogP contribution in [0.5, 0.6) is 0 Å². The number of H-pyrrole nitrogens is 1. The van der Waals surface area contributed by atoms with Crippen molar-refractivity contribution in [2.45, 2.75) is 13.3 Å². The van der Waals surface area contributed by atoms with Crippen LogP contribution < -0.4 is 0 Å². The van der Waals surface area contributed by atoms with Crippen molar-refractivity contribution in [1.82, 2.24) is 9.97 Å². The second-order valence-electron chi connectivity index (χ2n) is 6.07. The standard InChI is InChI=1S/C21H17ClN2O2/c1-2-26-21(25)18-11-15-19(12-23-18)24-17-9-5-7-14(20(15)17)10-13-6-3-4-8-16(13)22/h3-9,11-12,24H,2,10H2,1H3. The largest absolute Gasteiger partial charge is 0.461 e. The predicted octanol–water partition coefficient (Wildman–Crippen LogP) is 5.14. The maximum Gasteiger partial charge on any atom is 0.356 e. The zero-order valence-corrected chi connectivity index (χ0v) is 15.0. The van der Waals surface area contributed by atoms with E-state index in [4.69, 9.17) is 16.3 Å². The minimum absolute atomic E-state index is 0.313. The molecule has 0 saturated heterocycles. The van der Waals surface area contributed by atoms with Gasteiger partial charge >= 0.3 is 5.97 Å². The number of benzene rings is 2. The van der Waals surface area contributed by atoms with Crippen LogP contribution in [-0.2, 0) is 11.2 Å². The molecule has 1 N–H and O–H groups in total. The van der Waals surface area contributed by atoms with E-state index in [2.05, 4.69) is 16.0 Å². The lowest BCUT2D eigenvalue weighted by atomic mass is 9.99. The molecule has 0 atom stereocenters. The van der Waals surface area contributed by atoms with Crippen molar-refractivity contribution < 1.29 is 9.53 Å². The summed E-state index contributed by atoms with van der Waals surface area (Å²) in [5.74, 6) is -0.410. The van der Waals surface area contributed by atoms with Gasteiger partial charge in [0, 0.05) is 21.3 Å². The van der Waals surface area contributed by atoms with Crippen molar-refractivity contribution in [2.75, 3.05) is 6.61 Å². The molecule has 0 radical (unpaired) electrons. The number of pyridine rings is 1. The molecule has 4 aromatic rings. The number of hydrogen-bond donors (Lipinski definition) is 1. The Morgan fingerprint density at radius 1 is 1.12 bits per heavy atom. The van der Waals surface area contributed by atoms with E-state index in [9.17, 15) is 4.79 Å². The fraction of sp³-hybridized carbons (Fsp3) is 0.143. The summed E-state index contributed by atoms with van der Waals surface area (Å²) in [6.07, 6.45) is 2.39. The maximum absolute atomic E-state index is 12.1. The van der Waals surface area contributed by atoms with Gasteiger partial charge in [0.15, 0.2) is 0 Å². The van der Waals surface area contributed by atoms with Crippen LogP contribution in [0.4, 0.5) is 0 Å². The number of carbonyl (C=O) groups is 1. The smallest absolute Gasteiger partial charge is 0.356 e. The van der Waals surface area contributed by atoms with Crippen LogP contribution in [0.1, 0.15) is 28.5 Å². The van der Waals surface area contributed by atoms with Crippen LogP contribution in [0, 0.1) is 0 Å². The number of halogens is 1. The number of fused-ring (bicyclic) bond motifs is 3. The van der Waals surface area contributed by atoms with Gasteiger partial charge in [-0.15, -0.1) is 0 Å². The van der Waals surface area contributed by atoms with E-state index in [0.29, 0.717) is 18.7 Å². The highest BCUT2D eigenvalue weighted by molar-refractivity contribution is 6.31. The third-order valence-electron chi connectivity index (χ3n) is 4.42. The molecule has 0 aliphatic heterocycles. The van der Waals surface area contributed by atoms with Crippen LogP contribution in [0.3, 0.4) is 0 Å². The number of carbonyl (C=O) groups excluding carboxylic acids is 1. The minimum Gasteiger partial charge on any atom is -0.461 e. The van der Waals surface area contributed by atoms with Gasteiger partial charge in [-0.25, -0.2) is 9.78 Å². The third-order valence-corrected chi connectivity index (χ3v) is 4.79. The summed E-state index contributed by atoms with van der Waals surface area (Å²) in [7, 11) is 0. The summed E-state index contributed by atoms with van der Waals surface area (Å²) in [5, 5.41) is 2.79. The van der Waals surface area contributed by atoms with Gasteiger partial charge in [0.25, 0.3) is 0 Å². The Morgan fingerprint density at radius 2 is 1.92 bits per heavy atom. The molecule has 2 heterocycles. The molecule has 0 amide bonds. The van der Waals surface area contributed by atoms with Gasteiger partial charge in [0.05, 0.1) is 18.3 Å². The zero-order valence-electron chi connectivity index (χ0n) is 14.3. The fourth-order valence-electron chi connectivity index (χ4n) is 3.24. The van der Waals surface area contributed by atoms with Gasteiger partial charge in [-0.05, 0) is 42.7 Å². The number of aromatic nitrogens is 2. The fourth-order valence-corrected chi connectivity index (χ4v) is 3.44. The maximum atomic E-state index is 12.1. The lowest BCUT2D eigenvalue weighted by Gasteiger charge is -2.07. The first-order valence-corrected chi connectivity index (χ1v) is 8.85. The Hall–Kier alpha value is -2.85. The van der Waals surface area contributed by atoms with Crippen molar-refractivity contribution in [3.05, 3.63) is 76.6 Å². The monoisotopic (exact) mass is 364 g/mol. The van der Waals surface area contributed by atoms with E-state index in [1.54, 1.807) is 19.2 Å². The molecule has 0 aliphatic rings.